The summed E-state index contributed by atoms with van der Waals surface area (Å²) in [6, 6.07) is 12.3. The van der Waals surface area contributed by atoms with E-state index >= 15 is 4.79 Å². The van der Waals surface area contributed by atoms with Crippen LogP contribution in [0.2, 0.25) is 5.02 Å². The summed E-state index contributed by atoms with van der Waals surface area (Å²) in [6.45, 7) is 6.99. The van der Waals surface area contributed by atoms with E-state index in [4.69, 9.17) is 31.0 Å². The van der Waals surface area contributed by atoms with E-state index in [0.29, 0.717) is 60.1 Å². The first-order valence-corrected chi connectivity index (χ1v) is 24.6. The number of benzene rings is 2. The van der Waals surface area contributed by atoms with Crippen LogP contribution in [-0.4, -0.2) is 84.1 Å². The van der Waals surface area contributed by atoms with Gasteiger partial charge in [0, 0.05) is 59.3 Å². The first-order chi connectivity index (χ1) is 29.8. The molecule has 0 radical (unpaired) electrons. The monoisotopic (exact) mass is 901 g/mol. The van der Waals surface area contributed by atoms with Crippen LogP contribution in [0.1, 0.15) is 101 Å². The molecule has 5 heterocycles. The van der Waals surface area contributed by atoms with Crippen molar-refractivity contribution in [2.75, 3.05) is 26.7 Å². The Hall–Kier alpha value is -4.37. The number of allylic oxidation sites excluding steroid dienone is 2. The van der Waals surface area contributed by atoms with E-state index in [2.05, 4.69) is 24.6 Å². The molecule has 1 aliphatic carbocycles. The number of fused-ring (bicyclic) bond motifs is 3. The molecule has 15 heteroatoms. The fraction of sp³-hybridized carbons (Fsp3) is 0.511. The molecule has 4 aliphatic rings. The first kappa shape index (κ1) is 44.2. The Morgan fingerprint density at radius 1 is 1.05 bits per heavy atom. The number of hydrogen-bond donors (Lipinski definition) is 1. The fourth-order valence-electron chi connectivity index (χ4n) is 9.44. The van der Waals surface area contributed by atoms with Gasteiger partial charge in [0.25, 0.3) is 0 Å². The number of methoxy groups -OCH3 is 1. The number of ketones is 1. The van der Waals surface area contributed by atoms with Crippen molar-refractivity contribution in [3.8, 4) is 22.2 Å². The number of nitrogens with one attached hydrogen (secondary N) is 1. The molecule has 1 saturated carbocycles. The number of aryl methyl sites for hydroxylation is 1. The number of ether oxygens (including phenoxy) is 2. The highest BCUT2D eigenvalue weighted by molar-refractivity contribution is 7.87. The molecule has 2 aromatic carbocycles. The SMILES string of the molecule is COc1ccc2c(O[C@@H]3C[C@H]4C(=O)C[C@]5(C(=O)NS(=O)(=O)N6CCCC6)C[C@@H]5/C=C\CCCCC[C@H](Cc5cccc(Cl)c5)C(=O)N4C3)cc(-c3nc(C(C)C)cs3)nc2c1C. The largest absolute Gasteiger partial charge is 0.496 e. The van der Waals surface area contributed by atoms with Gasteiger partial charge in [-0.05, 0) is 93.5 Å². The smallest absolute Gasteiger partial charge is 0.303 e. The number of carbonyl (C=O) groups is 3. The zero-order chi connectivity index (χ0) is 43.8. The van der Waals surface area contributed by atoms with Crippen LogP contribution in [0.15, 0.2) is 60.0 Å². The van der Waals surface area contributed by atoms with Crippen LogP contribution < -0.4 is 14.2 Å². The Balaban J connectivity index is 1.15. The van der Waals surface area contributed by atoms with Crippen LogP contribution in [0.5, 0.6) is 11.5 Å². The van der Waals surface area contributed by atoms with Crippen molar-refractivity contribution in [3.05, 3.63) is 81.8 Å². The van der Waals surface area contributed by atoms with Crippen LogP contribution in [-0.2, 0) is 31.0 Å². The van der Waals surface area contributed by atoms with E-state index in [1.165, 1.54) is 15.6 Å². The Labute approximate surface area is 373 Å². The number of halogens is 1. The molecule has 330 valence electrons. The number of pyridine rings is 1. The average Bonchev–Trinajstić information content (AvgIpc) is 3.75. The topological polar surface area (TPSA) is 148 Å². The van der Waals surface area contributed by atoms with Crippen molar-refractivity contribution < 1.29 is 32.3 Å². The van der Waals surface area contributed by atoms with E-state index in [1.54, 1.807) is 12.0 Å². The van der Waals surface area contributed by atoms with Gasteiger partial charge in [0.2, 0.25) is 11.8 Å². The van der Waals surface area contributed by atoms with E-state index < -0.39 is 39.6 Å². The second-order valence-electron chi connectivity index (χ2n) is 17.8. The van der Waals surface area contributed by atoms with Crippen molar-refractivity contribution in [2.45, 2.75) is 109 Å². The fourth-order valence-corrected chi connectivity index (χ4v) is 11.9. The zero-order valence-corrected chi connectivity index (χ0v) is 38.3. The molecular weight excluding hydrogens is 846 g/mol. The number of rotatable bonds is 10. The molecule has 2 aromatic heterocycles. The molecule has 62 heavy (non-hydrogen) atoms. The summed E-state index contributed by atoms with van der Waals surface area (Å²) < 4.78 is 43.0. The Morgan fingerprint density at radius 3 is 2.60 bits per heavy atom. The molecule has 1 N–H and O–H groups in total. The van der Waals surface area contributed by atoms with Gasteiger partial charge in [0.1, 0.15) is 28.3 Å². The molecule has 0 bridgehead atoms. The number of Topliss-reactive ketones (excluding diaryl/α,β-unsaturated/α-hetero) is 1. The third-order valence-corrected chi connectivity index (χ3v) is 15.7. The summed E-state index contributed by atoms with van der Waals surface area (Å²) in [5, 5.41) is 4.14. The second kappa shape index (κ2) is 18.4. The van der Waals surface area contributed by atoms with Gasteiger partial charge >= 0.3 is 10.2 Å². The lowest BCUT2D eigenvalue weighted by atomic mass is 9.90. The normalized spacial score (nSPS) is 25.5. The van der Waals surface area contributed by atoms with Gasteiger partial charge in [0.05, 0.1) is 36.3 Å². The highest BCUT2D eigenvalue weighted by atomic mass is 35.5. The van der Waals surface area contributed by atoms with Crippen LogP contribution in [0.3, 0.4) is 0 Å². The van der Waals surface area contributed by atoms with Gasteiger partial charge in [-0.15, -0.1) is 11.3 Å². The van der Waals surface area contributed by atoms with E-state index in [9.17, 15) is 18.0 Å². The maximum absolute atomic E-state index is 15.0. The molecule has 3 aliphatic heterocycles. The quantitative estimate of drug-likeness (QED) is 0.155. The standard InChI is InChI=1S/C47H56ClN5O7S2/c1-29(2)38-28-61-44(50-38)37-24-42(36-17-18-41(59-4)30(3)43(36)49-37)60-35-23-39-40(54)26-47(46(56)51-62(57,58)52-19-10-11-20-52)25-33(47)15-9-7-5-6-8-14-32(45(55)53(39)27-35)21-31-13-12-16-34(48)22-31/h9,12-13,15-18,22,24,28-29,32-33,35,39H,5-8,10-11,14,19-21,23,25-27H2,1-4H3,(H,51,56)/b15-9-/t32-,33+,35-,39+,47-/m1/s1. The van der Waals surface area contributed by atoms with E-state index in [1.807, 2.05) is 60.8 Å². The summed E-state index contributed by atoms with van der Waals surface area (Å²) in [6.07, 6.45) is 9.75. The number of nitrogens with zero attached hydrogens (tertiary/aromatic N) is 4. The summed E-state index contributed by atoms with van der Waals surface area (Å²) in [5.41, 5.74) is 2.84. The molecule has 3 fully saturated rings. The third kappa shape index (κ3) is 9.30. The Bertz CT molecular complexity index is 2480. The van der Waals surface area contributed by atoms with Gasteiger partial charge < -0.3 is 14.4 Å². The molecule has 2 saturated heterocycles. The summed E-state index contributed by atoms with van der Waals surface area (Å²) in [5.74, 6) is -0.347. The molecule has 12 nitrogen and oxygen atoms in total. The van der Waals surface area contributed by atoms with Crippen LogP contribution in [0.4, 0.5) is 0 Å². The number of carbonyl (C=O) groups excluding carboxylic acids is 3. The molecular formula is C47H56ClN5O7S2. The maximum atomic E-state index is 15.0. The minimum atomic E-state index is -4.08. The molecule has 4 aromatic rings. The highest BCUT2D eigenvalue weighted by Crippen LogP contribution is 2.57. The molecule has 2 amide bonds. The second-order valence-corrected chi connectivity index (χ2v) is 20.7. The van der Waals surface area contributed by atoms with Gasteiger partial charge in [-0.2, -0.15) is 12.7 Å². The third-order valence-electron chi connectivity index (χ3n) is 13.1. The first-order valence-electron chi connectivity index (χ1n) is 21.9. The van der Waals surface area contributed by atoms with Crippen molar-refractivity contribution in [1.29, 1.82) is 0 Å². The zero-order valence-electron chi connectivity index (χ0n) is 35.9. The Kier molecular flexibility index (Phi) is 13.1. The van der Waals surface area contributed by atoms with Crippen molar-refractivity contribution in [3.63, 3.8) is 0 Å². The van der Waals surface area contributed by atoms with Crippen LogP contribution >= 0.6 is 22.9 Å². The van der Waals surface area contributed by atoms with Gasteiger partial charge in [0.15, 0.2) is 5.78 Å². The minimum absolute atomic E-state index is 0.144. The van der Waals surface area contributed by atoms with Gasteiger partial charge in [-0.25, -0.2) is 14.7 Å². The van der Waals surface area contributed by atoms with Crippen molar-refractivity contribution >= 4 is 61.6 Å². The van der Waals surface area contributed by atoms with Crippen LogP contribution in [0.25, 0.3) is 21.6 Å². The van der Waals surface area contributed by atoms with Crippen molar-refractivity contribution in [1.82, 2.24) is 23.9 Å². The average molecular weight is 903 g/mol. The lowest BCUT2D eigenvalue weighted by molar-refractivity contribution is -0.142. The summed E-state index contributed by atoms with van der Waals surface area (Å²) in [4.78, 5) is 55.8. The molecule has 0 spiro atoms. The Morgan fingerprint density at radius 2 is 1.85 bits per heavy atom. The van der Waals surface area contributed by atoms with Gasteiger partial charge in [-0.3, -0.25) is 14.4 Å². The number of thiazole rings is 1. The van der Waals surface area contributed by atoms with Crippen molar-refractivity contribution in [2.24, 2.45) is 17.3 Å². The molecule has 0 unspecified atom stereocenters. The maximum Gasteiger partial charge on any atom is 0.303 e. The van der Waals surface area contributed by atoms with E-state index in [0.717, 1.165) is 65.7 Å². The highest BCUT2D eigenvalue weighted by Gasteiger charge is 2.61. The predicted molar refractivity (Wildman–Crippen MR) is 242 cm³/mol. The van der Waals surface area contributed by atoms with Crippen LogP contribution in [0, 0.1) is 24.2 Å². The van der Waals surface area contributed by atoms with E-state index in [-0.39, 0.29) is 42.9 Å². The summed E-state index contributed by atoms with van der Waals surface area (Å²) >= 11 is 7.93. The molecule has 5 atom stereocenters. The predicted octanol–water partition coefficient (Wildman–Crippen LogP) is 8.60. The minimum Gasteiger partial charge on any atom is -0.496 e. The summed E-state index contributed by atoms with van der Waals surface area (Å²) in [7, 11) is -2.45. The molecule has 8 rings (SSSR count). The lowest BCUT2D eigenvalue weighted by Gasteiger charge is -2.29. The number of amides is 2. The van der Waals surface area contributed by atoms with Gasteiger partial charge in [-0.1, -0.05) is 62.6 Å². The number of hydrogen-bond acceptors (Lipinski definition) is 10. The number of aromatic nitrogens is 2. The lowest BCUT2D eigenvalue weighted by Crippen LogP contribution is -2.48.